The molecule has 0 amide bonds. The van der Waals surface area contributed by atoms with Crippen LogP contribution in [-0.2, 0) is 0 Å². The molecule has 86 valence electrons. The highest BCUT2D eigenvalue weighted by molar-refractivity contribution is 6.49. The molecule has 0 aliphatic rings. The maximum atomic E-state index is 11.9. The molecule has 0 bridgehead atoms. The zero-order valence-corrected chi connectivity index (χ0v) is 9.46. The Morgan fingerprint density at radius 3 is 1.78 bits per heavy atom. The van der Waals surface area contributed by atoms with Gasteiger partial charge in [-0.25, -0.2) is 0 Å². The van der Waals surface area contributed by atoms with Crippen LogP contribution in [0.15, 0.2) is 54.6 Å². The van der Waals surface area contributed by atoms with Gasteiger partial charge in [0.15, 0.2) is 0 Å². The highest BCUT2D eigenvalue weighted by Gasteiger charge is 2.17. The van der Waals surface area contributed by atoms with E-state index < -0.39 is 11.6 Å². The monoisotopic (exact) mass is 235 g/mol. The van der Waals surface area contributed by atoms with Crippen LogP contribution in [0.1, 0.15) is 26.3 Å². The average molecular weight is 235 g/mol. The molecule has 0 aliphatic heterocycles. The number of carbonyl (C=O) groups excluding carboxylic acids is 2. The van der Waals surface area contributed by atoms with E-state index in [1.165, 1.54) is 24.3 Å². The lowest BCUT2D eigenvalue weighted by molar-refractivity contribution is 0.0817. The standard InChI is InChI=1S/C15H9NO2/c16-10-11-6-8-13(9-7-11)15(18)14(17)12-4-2-1-3-5-12/h1-9H. The molecule has 3 heteroatoms. The molecule has 0 N–H and O–H groups in total. The number of rotatable bonds is 3. The van der Waals surface area contributed by atoms with Gasteiger partial charge in [0.1, 0.15) is 0 Å². The fourth-order valence-electron chi connectivity index (χ4n) is 1.55. The SMILES string of the molecule is N#Cc1ccc(C(=O)C(=O)c2ccccc2)cc1. The number of benzene rings is 2. The molecule has 2 rings (SSSR count). The molecule has 2 aromatic carbocycles. The van der Waals surface area contributed by atoms with E-state index in [9.17, 15) is 9.59 Å². The lowest BCUT2D eigenvalue weighted by atomic mass is 10.0. The topological polar surface area (TPSA) is 57.9 Å². The molecule has 0 unspecified atom stereocenters. The van der Waals surface area contributed by atoms with Gasteiger partial charge >= 0.3 is 0 Å². The van der Waals surface area contributed by atoms with Gasteiger partial charge in [-0.15, -0.1) is 0 Å². The van der Waals surface area contributed by atoms with Gasteiger partial charge in [-0.05, 0) is 24.3 Å². The van der Waals surface area contributed by atoms with Crippen LogP contribution in [0, 0.1) is 11.3 Å². The zero-order chi connectivity index (χ0) is 13.0. The van der Waals surface area contributed by atoms with Crippen molar-refractivity contribution in [3.05, 3.63) is 71.3 Å². The normalized spacial score (nSPS) is 9.50. The third kappa shape index (κ3) is 2.33. The number of hydrogen-bond acceptors (Lipinski definition) is 3. The summed E-state index contributed by atoms with van der Waals surface area (Å²) in [5.41, 5.74) is 1.12. The largest absolute Gasteiger partial charge is 0.285 e. The van der Waals surface area contributed by atoms with Gasteiger partial charge in [-0.2, -0.15) is 5.26 Å². The lowest BCUT2D eigenvalue weighted by Crippen LogP contribution is -2.14. The lowest BCUT2D eigenvalue weighted by Gasteiger charge is -2.00. The molecule has 3 nitrogen and oxygen atoms in total. The van der Waals surface area contributed by atoms with E-state index in [4.69, 9.17) is 5.26 Å². The Morgan fingerprint density at radius 2 is 1.28 bits per heavy atom. The number of Topliss-reactive ketones (excluding diaryl/α,β-unsaturated/α-hetero) is 2. The fourth-order valence-corrected chi connectivity index (χ4v) is 1.55. The van der Waals surface area contributed by atoms with Gasteiger partial charge in [0.25, 0.3) is 0 Å². The molecule has 0 fully saturated rings. The smallest absolute Gasteiger partial charge is 0.233 e. The summed E-state index contributed by atoms with van der Waals surface area (Å²) < 4.78 is 0. The minimum Gasteiger partial charge on any atom is -0.285 e. The van der Waals surface area contributed by atoms with Crippen molar-refractivity contribution in [2.75, 3.05) is 0 Å². The third-order valence-electron chi connectivity index (χ3n) is 2.52. The first-order valence-electron chi connectivity index (χ1n) is 5.36. The van der Waals surface area contributed by atoms with Crippen LogP contribution in [0.5, 0.6) is 0 Å². The summed E-state index contributed by atoms with van der Waals surface area (Å²) in [6.45, 7) is 0. The predicted molar refractivity (Wildman–Crippen MR) is 66.3 cm³/mol. The number of ketones is 2. The first-order chi connectivity index (χ1) is 8.72. The molecular formula is C15H9NO2. The number of carbonyl (C=O) groups is 2. The van der Waals surface area contributed by atoms with Crippen molar-refractivity contribution in [3.63, 3.8) is 0 Å². The van der Waals surface area contributed by atoms with E-state index in [2.05, 4.69) is 0 Å². The van der Waals surface area contributed by atoms with Crippen molar-refractivity contribution in [1.29, 1.82) is 5.26 Å². The van der Waals surface area contributed by atoms with E-state index in [0.717, 1.165) is 0 Å². The average Bonchev–Trinajstić information content (AvgIpc) is 2.47. The van der Waals surface area contributed by atoms with Gasteiger partial charge in [0.05, 0.1) is 11.6 Å². The number of hydrogen-bond donors (Lipinski definition) is 0. The fraction of sp³-hybridized carbons (Fsp3) is 0. The van der Waals surface area contributed by atoms with Crippen LogP contribution in [0.25, 0.3) is 0 Å². The second-order valence-electron chi connectivity index (χ2n) is 3.71. The molecule has 0 spiro atoms. The predicted octanol–water partition coefficient (Wildman–Crippen LogP) is 2.62. The van der Waals surface area contributed by atoms with Crippen LogP contribution in [-0.4, -0.2) is 11.6 Å². The number of nitriles is 1. The summed E-state index contributed by atoms with van der Waals surface area (Å²) in [6, 6.07) is 16.4. The summed E-state index contributed by atoms with van der Waals surface area (Å²) in [6.07, 6.45) is 0. The van der Waals surface area contributed by atoms with Crippen LogP contribution in [0.3, 0.4) is 0 Å². The Kier molecular flexibility index (Phi) is 3.31. The molecule has 0 aliphatic carbocycles. The zero-order valence-electron chi connectivity index (χ0n) is 9.46. The Balaban J connectivity index is 2.27. The summed E-state index contributed by atoms with van der Waals surface area (Å²) in [5, 5.41) is 8.65. The first kappa shape index (κ1) is 11.7. The van der Waals surface area contributed by atoms with Gasteiger partial charge < -0.3 is 0 Å². The van der Waals surface area contributed by atoms with Crippen molar-refractivity contribution in [3.8, 4) is 6.07 Å². The molecule has 0 saturated carbocycles. The van der Waals surface area contributed by atoms with Crippen LogP contribution < -0.4 is 0 Å². The van der Waals surface area contributed by atoms with Gasteiger partial charge in [0.2, 0.25) is 11.6 Å². The quantitative estimate of drug-likeness (QED) is 0.607. The van der Waals surface area contributed by atoms with Gasteiger partial charge in [-0.3, -0.25) is 9.59 Å². The summed E-state index contributed by atoms with van der Waals surface area (Å²) in [5.74, 6) is -1.11. The van der Waals surface area contributed by atoms with E-state index in [0.29, 0.717) is 16.7 Å². The maximum Gasteiger partial charge on any atom is 0.233 e. The van der Waals surface area contributed by atoms with Gasteiger partial charge in [0, 0.05) is 11.1 Å². The minimum atomic E-state index is -0.564. The molecule has 0 radical (unpaired) electrons. The summed E-state index contributed by atoms with van der Waals surface area (Å²) >= 11 is 0. The van der Waals surface area contributed by atoms with E-state index in [1.54, 1.807) is 30.3 Å². The van der Waals surface area contributed by atoms with E-state index in [1.807, 2.05) is 6.07 Å². The minimum absolute atomic E-state index is 0.294. The van der Waals surface area contributed by atoms with E-state index >= 15 is 0 Å². The third-order valence-corrected chi connectivity index (χ3v) is 2.52. The molecule has 0 aromatic heterocycles. The van der Waals surface area contributed by atoms with Crippen molar-refractivity contribution >= 4 is 11.6 Å². The van der Waals surface area contributed by atoms with Gasteiger partial charge in [-0.1, -0.05) is 30.3 Å². The highest BCUT2D eigenvalue weighted by atomic mass is 16.2. The Morgan fingerprint density at radius 1 is 0.778 bits per heavy atom. The summed E-state index contributed by atoms with van der Waals surface area (Å²) in [4.78, 5) is 23.8. The molecule has 18 heavy (non-hydrogen) atoms. The highest BCUT2D eigenvalue weighted by Crippen LogP contribution is 2.09. The molecule has 0 heterocycles. The Bertz CT molecular complexity index is 622. The molecule has 0 atom stereocenters. The van der Waals surface area contributed by atoms with Crippen molar-refractivity contribution in [2.24, 2.45) is 0 Å². The van der Waals surface area contributed by atoms with E-state index in [-0.39, 0.29) is 0 Å². The second-order valence-corrected chi connectivity index (χ2v) is 3.71. The number of nitrogens with zero attached hydrogens (tertiary/aromatic N) is 1. The van der Waals surface area contributed by atoms with Crippen molar-refractivity contribution in [2.45, 2.75) is 0 Å². The van der Waals surface area contributed by atoms with Crippen LogP contribution >= 0.6 is 0 Å². The molecule has 2 aromatic rings. The van der Waals surface area contributed by atoms with Crippen LogP contribution in [0.4, 0.5) is 0 Å². The molecule has 0 saturated heterocycles. The van der Waals surface area contributed by atoms with Crippen LogP contribution in [0.2, 0.25) is 0 Å². The Labute approximate surface area is 104 Å². The Hall–Kier alpha value is -2.73. The first-order valence-corrected chi connectivity index (χ1v) is 5.36. The van der Waals surface area contributed by atoms with Crippen molar-refractivity contribution < 1.29 is 9.59 Å². The van der Waals surface area contributed by atoms with Crippen molar-refractivity contribution in [1.82, 2.24) is 0 Å². The maximum absolute atomic E-state index is 11.9. The summed E-state index contributed by atoms with van der Waals surface area (Å²) in [7, 11) is 0. The molecular weight excluding hydrogens is 226 g/mol. The second kappa shape index (κ2) is 5.07.